The van der Waals surface area contributed by atoms with Crippen LogP contribution in [-0.2, 0) is 0 Å². The van der Waals surface area contributed by atoms with Crippen LogP contribution in [0.3, 0.4) is 0 Å². The SMILES string of the molecule is Cc1c(Cl)ccc2c1N[C@H](c1ccccc1C(=O)O)[C@H]1CC=C[C@H]21. The highest BCUT2D eigenvalue weighted by molar-refractivity contribution is 6.31. The van der Waals surface area contributed by atoms with Crippen molar-refractivity contribution in [1.29, 1.82) is 0 Å². The third kappa shape index (κ3) is 2.23. The normalized spacial score (nSPS) is 24.2. The molecule has 0 aromatic heterocycles. The predicted molar refractivity (Wildman–Crippen MR) is 95.9 cm³/mol. The lowest BCUT2D eigenvalue weighted by Gasteiger charge is -2.39. The fourth-order valence-electron chi connectivity index (χ4n) is 4.06. The van der Waals surface area contributed by atoms with Crippen molar-refractivity contribution < 1.29 is 9.90 Å². The summed E-state index contributed by atoms with van der Waals surface area (Å²) >= 11 is 6.31. The molecule has 2 N–H and O–H groups in total. The number of allylic oxidation sites excluding steroid dienone is 2. The van der Waals surface area contributed by atoms with Crippen molar-refractivity contribution >= 4 is 23.3 Å². The molecular formula is C20H18ClNO2. The summed E-state index contributed by atoms with van der Waals surface area (Å²) in [6.45, 7) is 2.01. The largest absolute Gasteiger partial charge is 0.478 e. The molecule has 0 unspecified atom stereocenters. The molecule has 1 aliphatic carbocycles. The third-order valence-corrected chi connectivity index (χ3v) is 5.67. The fourth-order valence-corrected chi connectivity index (χ4v) is 4.22. The quantitative estimate of drug-likeness (QED) is 0.742. The lowest BCUT2D eigenvalue weighted by Crippen LogP contribution is -2.30. The maximum atomic E-state index is 11.7. The molecule has 2 aliphatic rings. The molecule has 1 heterocycles. The van der Waals surface area contributed by atoms with E-state index in [2.05, 4.69) is 23.5 Å². The predicted octanol–water partition coefficient (Wildman–Crippen LogP) is 5.17. The minimum absolute atomic E-state index is 0.0398. The molecule has 0 saturated carbocycles. The minimum atomic E-state index is -0.886. The number of anilines is 1. The molecule has 3 nitrogen and oxygen atoms in total. The molecule has 24 heavy (non-hydrogen) atoms. The average molecular weight is 340 g/mol. The number of hydrogen-bond acceptors (Lipinski definition) is 2. The number of nitrogens with one attached hydrogen (secondary N) is 1. The molecule has 0 amide bonds. The van der Waals surface area contributed by atoms with Gasteiger partial charge in [0.15, 0.2) is 0 Å². The van der Waals surface area contributed by atoms with Gasteiger partial charge in [0.1, 0.15) is 0 Å². The summed E-state index contributed by atoms with van der Waals surface area (Å²) in [5.74, 6) is -0.272. The number of carboxylic acid groups (broad SMARTS) is 1. The summed E-state index contributed by atoms with van der Waals surface area (Å²) in [7, 11) is 0. The molecule has 4 heteroatoms. The molecule has 122 valence electrons. The standard InChI is InChI=1S/C20H18ClNO2/c1-11-17(21)10-9-15-12-7-4-8-13(12)19(22-18(11)15)14-5-2-3-6-16(14)20(23)24/h2-7,9-10,12-13,19,22H,8H2,1H3,(H,23,24)/t12-,13-,19-/m0/s1. The van der Waals surface area contributed by atoms with Gasteiger partial charge < -0.3 is 10.4 Å². The Balaban J connectivity index is 1.87. The summed E-state index contributed by atoms with van der Waals surface area (Å²) in [4.78, 5) is 11.7. The first-order valence-electron chi connectivity index (χ1n) is 8.12. The number of hydrogen-bond donors (Lipinski definition) is 2. The molecule has 0 saturated heterocycles. The van der Waals surface area contributed by atoms with Crippen LogP contribution in [0.25, 0.3) is 0 Å². The topological polar surface area (TPSA) is 49.3 Å². The Morgan fingerprint density at radius 2 is 2.00 bits per heavy atom. The zero-order valence-corrected chi connectivity index (χ0v) is 14.0. The number of carboxylic acids is 1. The minimum Gasteiger partial charge on any atom is -0.478 e. The first kappa shape index (κ1) is 15.3. The van der Waals surface area contributed by atoms with Crippen molar-refractivity contribution in [1.82, 2.24) is 0 Å². The summed E-state index contributed by atoms with van der Waals surface area (Å²) in [5, 5.41) is 13.9. The second kappa shape index (κ2) is 5.67. The van der Waals surface area contributed by atoms with E-state index in [-0.39, 0.29) is 6.04 Å². The van der Waals surface area contributed by atoms with Crippen LogP contribution in [0.15, 0.2) is 48.6 Å². The Morgan fingerprint density at radius 1 is 1.21 bits per heavy atom. The van der Waals surface area contributed by atoms with Gasteiger partial charge in [-0.25, -0.2) is 4.79 Å². The molecule has 2 aromatic carbocycles. The van der Waals surface area contributed by atoms with Gasteiger partial charge in [-0.15, -0.1) is 0 Å². The van der Waals surface area contributed by atoms with Crippen LogP contribution in [0.1, 0.15) is 45.4 Å². The molecule has 3 atom stereocenters. The van der Waals surface area contributed by atoms with Crippen LogP contribution in [-0.4, -0.2) is 11.1 Å². The van der Waals surface area contributed by atoms with Crippen molar-refractivity contribution in [3.8, 4) is 0 Å². The van der Waals surface area contributed by atoms with Gasteiger partial charge in [-0.1, -0.05) is 48.0 Å². The van der Waals surface area contributed by atoms with Crippen LogP contribution in [0.5, 0.6) is 0 Å². The molecular weight excluding hydrogens is 322 g/mol. The zero-order valence-electron chi connectivity index (χ0n) is 13.3. The first-order valence-corrected chi connectivity index (χ1v) is 8.50. The highest BCUT2D eigenvalue weighted by atomic mass is 35.5. The number of carbonyl (C=O) groups is 1. The fraction of sp³-hybridized carbons (Fsp3) is 0.250. The Bertz CT molecular complexity index is 859. The Kier molecular flexibility index (Phi) is 3.61. The summed E-state index contributed by atoms with van der Waals surface area (Å²) in [6.07, 6.45) is 5.39. The van der Waals surface area contributed by atoms with Gasteiger partial charge in [0.2, 0.25) is 0 Å². The van der Waals surface area contributed by atoms with Gasteiger partial charge >= 0.3 is 5.97 Å². The van der Waals surface area contributed by atoms with Gasteiger partial charge in [0.25, 0.3) is 0 Å². The second-order valence-corrected chi connectivity index (χ2v) is 6.91. The van der Waals surface area contributed by atoms with E-state index in [0.717, 1.165) is 28.3 Å². The monoisotopic (exact) mass is 339 g/mol. The van der Waals surface area contributed by atoms with Crippen LogP contribution >= 0.6 is 11.6 Å². The van der Waals surface area contributed by atoms with E-state index in [1.54, 1.807) is 12.1 Å². The van der Waals surface area contributed by atoms with Crippen LogP contribution in [0, 0.1) is 12.8 Å². The molecule has 0 spiro atoms. The highest BCUT2D eigenvalue weighted by Gasteiger charge is 2.39. The number of benzene rings is 2. The van der Waals surface area contributed by atoms with Crippen molar-refractivity contribution in [3.63, 3.8) is 0 Å². The first-order chi connectivity index (χ1) is 11.6. The summed E-state index contributed by atoms with van der Waals surface area (Å²) in [6, 6.07) is 11.3. The number of fused-ring (bicyclic) bond motifs is 3. The lowest BCUT2D eigenvalue weighted by atomic mass is 9.75. The van der Waals surface area contributed by atoms with Gasteiger partial charge in [0, 0.05) is 16.6 Å². The number of aromatic carboxylic acids is 1. The van der Waals surface area contributed by atoms with E-state index in [1.807, 2.05) is 25.1 Å². The zero-order chi connectivity index (χ0) is 16.8. The lowest BCUT2D eigenvalue weighted by molar-refractivity contribution is 0.0694. The van der Waals surface area contributed by atoms with E-state index >= 15 is 0 Å². The Morgan fingerprint density at radius 3 is 2.79 bits per heavy atom. The van der Waals surface area contributed by atoms with Crippen LogP contribution < -0.4 is 5.32 Å². The molecule has 0 bridgehead atoms. The van der Waals surface area contributed by atoms with Crippen LogP contribution in [0.2, 0.25) is 5.02 Å². The second-order valence-electron chi connectivity index (χ2n) is 6.50. The van der Waals surface area contributed by atoms with E-state index in [1.165, 1.54) is 5.56 Å². The number of halogens is 1. The van der Waals surface area contributed by atoms with Crippen molar-refractivity contribution in [2.45, 2.75) is 25.3 Å². The van der Waals surface area contributed by atoms with E-state index in [9.17, 15) is 9.90 Å². The van der Waals surface area contributed by atoms with Crippen molar-refractivity contribution in [2.75, 3.05) is 5.32 Å². The maximum Gasteiger partial charge on any atom is 0.336 e. The molecule has 0 radical (unpaired) electrons. The molecule has 4 rings (SSSR count). The molecule has 0 fully saturated rings. The van der Waals surface area contributed by atoms with E-state index in [0.29, 0.717) is 17.4 Å². The van der Waals surface area contributed by atoms with Gasteiger partial charge in [-0.3, -0.25) is 0 Å². The van der Waals surface area contributed by atoms with Crippen LogP contribution in [0.4, 0.5) is 5.69 Å². The maximum absolute atomic E-state index is 11.7. The van der Waals surface area contributed by atoms with Gasteiger partial charge in [0.05, 0.1) is 11.6 Å². The van der Waals surface area contributed by atoms with Crippen molar-refractivity contribution in [2.24, 2.45) is 5.92 Å². The summed E-state index contributed by atoms with van der Waals surface area (Å²) < 4.78 is 0. The van der Waals surface area contributed by atoms with E-state index in [4.69, 9.17) is 11.6 Å². The average Bonchev–Trinajstić information content (AvgIpc) is 3.07. The Labute approximate surface area is 146 Å². The summed E-state index contributed by atoms with van der Waals surface area (Å²) in [5.41, 5.74) is 4.52. The van der Waals surface area contributed by atoms with Gasteiger partial charge in [-0.2, -0.15) is 0 Å². The Hall–Kier alpha value is -2.26. The smallest absolute Gasteiger partial charge is 0.336 e. The van der Waals surface area contributed by atoms with Gasteiger partial charge in [-0.05, 0) is 48.1 Å². The molecule has 1 aliphatic heterocycles. The highest BCUT2D eigenvalue weighted by Crippen LogP contribution is 2.51. The van der Waals surface area contributed by atoms with E-state index < -0.39 is 5.97 Å². The third-order valence-electron chi connectivity index (χ3n) is 5.26. The van der Waals surface area contributed by atoms with Crippen molar-refractivity contribution in [3.05, 3.63) is 75.8 Å². The molecule has 2 aromatic rings. The number of rotatable bonds is 2.